The first-order valence-electron chi connectivity index (χ1n) is 11.8. The number of nitro groups is 2. The number of thioether (sulfide) groups is 1. The standard InChI is InChI=1S/C26H23N5O6S/c1-26(2)11-18-21(19(32)12-26)20(15-4-3-5-17(10-15)31(36)37)22-23(27-18)28-25(29-24(22)33)38-13-14-6-8-16(9-7-14)30(34)35/h3-10,20H,11-13H2,1-2H3,(H2,27,28,29,33). The third-order valence-electron chi connectivity index (χ3n) is 6.64. The van der Waals surface area contributed by atoms with E-state index in [1.165, 1.54) is 36.0 Å². The van der Waals surface area contributed by atoms with E-state index in [0.29, 0.717) is 46.4 Å². The lowest BCUT2D eigenvalue weighted by molar-refractivity contribution is -0.385. The van der Waals surface area contributed by atoms with Crippen molar-refractivity contribution in [1.29, 1.82) is 0 Å². The number of ketones is 1. The lowest BCUT2D eigenvalue weighted by Gasteiger charge is -2.38. The lowest BCUT2D eigenvalue weighted by atomic mass is 9.69. The minimum Gasteiger partial charge on any atom is -0.343 e. The number of anilines is 1. The number of carbonyl (C=O) groups excluding carboxylic acids is 1. The van der Waals surface area contributed by atoms with Crippen LogP contribution < -0.4 is 10.9 Å². The molecule has 0 spiro atoms. The molecule has 1 atom stereocenters. The van der Waals surface area contributed by atoms with Gasteiger partial charge in [0.25, 0.3) is 16.9 Å². The molecule has 2 heterocycles. The summed E-state index contributed by atoms with van der Waals surface area (Å²) in [4.78, 5) is 55.6. The van der Waals surface area contributed by atoms with Crippen LogP contribution in [0.3, 0.4) is 0 Å². The smallest absolute Gasteiger partial charge is 0.269 e. The molecule has 5 rings (SSSR count). The van der Waals surface area contributed by atoms with Crippen molar-refractivity contribution in [2.75, 3.05) is 5.32 Å². The number of non-ortho nitro benzene ring substituents is 2. The van der Waals surface area contributed by atoms with Crippen molar-refractivity contribution < 1.29 is 14.6 Å². The van der Waals surface area contributed by atoms with Crippen molar-refractivity contribution in [3.63, 3.8) is 0 Å². The summed E-state index contributed by atoms with van der Waals surface area (Å²) in [6.07, 6.45) is 0.849. The summed E-state index contributed by atoms with van der Waals surface area (Å²) in [5.41, 5.74) is 1.73. The Morgan fingerprint density at radius 1 is 1.03 bits per heavy atom. The van der Waals surface area contributed by atoms with Crippen LogP contribution in [-0.2, 0) is 10.5 Å². The van der Waals surface area contributed by atoms with Crippen LogP contribution in [0.2, 0.25) is 0 Å². The van der Waals surface area contributed by atoms with Crippen LogP contribution >= 0.6 is 11.8 Å². The molecule has 0 amide bonds. The van der Waals surface area contributed by atoms with E-state index >= 15 is 0 Å². The molecule has 0 saturated carbocycles. The normalized spacial score (nSPS) is 17.8. The van der Waals surface area contributed by atoms with Gasteiger partial charge in [-0.3, -0.25) is 29.8 Å². The zero-order chi connectivity index (χ0) is 27.2. The van der Waals surface area contributed by atoms with Gasteiger partial charge in [-0.25, -0.2) is 4.98 Å². The number of Topliss-reactive ketones (excluding diaryl/α,β-unsaturated/α-hetero) is 1. The summed E-state index contributed by atoms with van der Waals surface area (Å²) in [6.45, 7) is 3.98. The van der Waals surface area contributed by atoms with Gasteiger partial charge in [0, 0.05) is 53.6 Å². The van der Waals surface area contributed by atoms with E-state index in [2.05, 4.69) is 15.3 Å². The van der Waals surface area contributed by atoms with E-state index in [1.54, 1.807) is 24.3 Å². The SMILES string of the molecule is CC1(C)CC(=O)C2=C(C1)Nc1nc(SCc3ccc([N+](=O)[O-])cc3)[nH]c(=O)c1C2c1cccc([N+](=O)[O-])c1. The first kappa shape index (κ1) is 25.3. The van der Waals surface area contributed by atoms with Crippen molar-refractivity contribution in [2.45, 2.75) is 43.5 Å². The number of aromatic amines is 1. The predicted octanol–water partition coefficient (Wildman–Crippen LogP) is 5.08. The molecule has 0 radical (unpaired) electrons. The number of hydrogen-bond acceptors (Lipinski definition) is 9. The molecule has 3 aromatic rings. The van der Waals surface area contributed by atoms with Crippen molar-refractivity contribution in [3.05, 3.63) is 107 Å². The molecule has 0 saturated heterocycles. The van der Waals surface area contributed by atoms with Crippen molar-refractivity contribution in [2.24, 2.45) is 5.41 Å². The summed E-state index contributed by atoms with van der Waals surface area (Å²) in [5, 5.41) is 25.9. The van der Waals surface area contributed by atoms with Gasteiger partial charge < -0.3 is 10.3 Å². The zero-order valence-electron chi connectivity index (χ0n) is 20.5. The number of hydrogen-bond donors (Lipinski definition) is 2. The Labute approximate surface area is 220 Å². The molecule has 2 N–H and O–H groups in total. The first-order valence-corrected chi connectivity index (χ1v) is 12.8. The monoisotopic (exact) mass is 533 g/mol. The molecule has 0 fully saturated rings. The number of nitro benzene ring substituents is 2. The Kier molecular flexibility index (Phi) is 6.35. The van der Waals surface area contributed by atoms with Crippen LogP contribution in [0.25, 0.3) is 0 Å². The van der Waals surface area contributed by atoms with E-state index in [-0.39, 0.29) is 28.1 Å². The molecular weight excluding hydrogens is 510 g/mol. The Balaban J connectivity index is 1.55. The number of aromatic nitrogens is 2. The molecule has 1 aromatic heterocycles. The number of allylic oxidation sites excluding steroid dienone is 2. The Bertz CT molecular complexity index is 1580. The molecule has 1 aliphatic carbocycles. The largest absolute Gasteiger partial charge is 0.343 e. The number of benzene rings is 2. The van der Waals surface area contributed by atoms with Crippen LogP contribution in [0.1, 0.15) is 49.3 Å². The van der Waals surface area contributed by atoms with E-state index < -0.39 is 21.3 Å². The minimum absolute atomic E-state index is 0.00974. The Morgan fingerprint density at radius 2 is 1.74 bits per heavy atom. The molecule has 38 heavy (non-hydrogen) atoms. The third-order valence-corrected chi connectivity index (χ3v) is 7.58. The van der Waals surface area contributed by atoms with E-state index in [9.17, 15) is 29.8 Å². The van der Waals surface area contributed by atoms with Crippen molar-refractivity contribution in [1.82, 2.24) is 9.97 Å². The van der Waals surface area contributed by atoms with Crippen LogP contribution in [0.5, 0.6) is 0 Å². The highest BCUT2D eigenvalue weighted by Crippen LogP contribution is 2.48. The summed E-state index contributed by atoms with van der Waals surface area (Å²) in [5.74, 6) is -0.189. The number of carbonyl (C=O) groups is 1. The number of fused-ring (bicyclic) bond motifs is 1. The molecular formula is C26H23N5O6S. The summed E-state index contributed by atoms with van der Waals surface area (Å²) >= 11 is 1.26. The molecule has 0 bridgehead atoms. The van der Waals surface area contributed by atoms with Crippen molar-refractivity contribution in [3.8, 4) is 0 Å². The average Bonchev–Trinajstić information content (AvgIpc) is 2.85. The second-order valence-electron chi connectivity index (χ2n) is 10.1. The van der Waals surface area contributed by atoms with Crippen molar-refractivity contribution >= 4 is 34.7 Å². The highest BCUT2D eigenvalue weighted by molar-refractivity contribution is 7.98. The molecule has 1 aliphatic heterocycles. The fourth-order valence-electron chi connectivity index (χ4n) is 4.98. The van der Waals surface area contributed by atoms with Gasteiger partial charge in [-0.15, -0.1) is 0 Å². The maximum atomic E-state index is 13.4. The molecule has 2 aliphatic rings. The summed E-state index contributed by atoms with van der Waals surface area (Å²) in [6, 6.07) is 12.1. The number of rotatable bonds is 6. The molecule has 11 nitrogen and oxygen atoms in total. The van der Waals surface area contributed by atoms with Gasteiger partial charge in [-0.05, 0) is 23.0 Å². The maximum absolute atomic E-state index is 13.4. The summed E-state index contributed by atoms with van der Waals surface area (Å²) < 4.78 is 0. The highest BCUT2D eigenvalue weighted by atomic mass is 32.2. The zero-order valence-corrected chi connectivity index (χ0v) is 21.3. The van der Waals surface area contributed by atoms with Gasteiger partial charge in [-0.1, -0.05) is 49.9 Å². The van der Waals surface area contributed by atoms with Gasteiger partial charge in [0.15, 0.2) is 10.9 Å². The summed E-state index contributed by atoms with van der Waals surface area (Å²) in [7, 11) is 0. The number of nitrogens with one attached hydrogen (secondary N) is 2. The Morgan fingerprint density at radius 3 is 2.42 bits per heavy atom. The average molecular weight is 534 g/mol. The fraction of sp³-hybridized carbons (Fsp3) is 0.269. The second kappa shape index (κ2) is 9.53. The molecule has 1 unspecified atom stereocenters. The van der Waals surface area contributed by atoms with E-state index in [1.807, 2.05) is 13.8 Å². The highest BCUT2D eigenvalue weighted by Gasteiger charge is 2.42. The number of nitrogens with zero attached hydrogens (tertiary/aromatic N) is 3. The van der Waals surface area contributed by atoms with E-state index in [0.717, 1.165) is 5.56 Å². The molecule has 194 valence electrons. The van der Waals surface area contributed by atoms with E-state index in [4.69, 9.17) is 0 Å². The predicted molar refractivity (Wildman–Crippen MR) is 141 cm³/mol. The quantitative estimate of drug-likeness (QED) is 0.190. The second-order valence-corrected chi connectivity index (χ2v) is 11.1. The molecule has 2 aromatic carbocycles. The fourth-order valence-corrected chi connectivity index (χ4v) is 5.79. The van der Waals surface area contributed by atoms with Crippen LogP contribution in [0.4, 0.5) is 17.2 Å². The van der Waals surface area contributed by atoms with Crippen LogP contribution in [0, 0.1) is 25.6 Å². The minimum atomic E-state index is -0.797. The van der Waals surface area contributed by atoms with Gasteiger partial charge in [0.05, 0.1) is 15.4 Å². The first-order chi connectivity index (χ1) is 18.0. The third kappa shape index (κ3) is 4.82. The van der Waals surface area contributed by atoms with Gasteiger partial charge >= 0.3 is 0 Å². The lowest BCUT2D eigenvalue weighted by Crippen LogP contribution is -2.37. The molecule has 12 heteroatoms. The van der Waals surface area contributed by atoms with Crippen LogP contribution in [-0.4, -0.2) is 25.6 Å². The van der Waals surface area contributed by atoms with Crippen LogP contribution in [0.15, 0.2) is 69.8 Å². The van der Waals surface area contributed by atoms with Gasteiger partial charge in [0.2, 0.25) is 0 Å². The maximum Gasteiger partial charge on any atom is 0.269 e. The topological polar surface area (TPSA) is 161 Å². The number of H-pyrrole nitrogens is 1. The van der Waals surface area contributed by atoms with Gasteiger partial charge in [-0.2, -0.15) is 0 Å². The Hall–Kier alpha value is -4.32. The van der Waals surface area contributed by atoms with Gasteiger partial charge in [0.1, 0.15) is 5.82 Å².